The molecule has 39 nitrogen and oxygen atoms in total. The lowest BCUT2D eigenvalue weighted by Gasteiger charge is -2.30. The number of nitrogens with zero attached hydrogens (tertiary/aromatic N) is 12. The van der Waals surface area contributed by atoms with Crippen LogP contribution in [0.25, 0.3) is 17.3 Å². The second-order valence-corrected chi connectivity index (χ2v) is 28.7. The summed E-state index contributed by atoms with van der Waals surface area (Å²) < 4.78 is 127. The maximum atomic E-state index is 14.4. The number of pyridine rings is 12. The summed E-state index contributed by atoms with van der Waals surface area (Å²) in [4.78, 5) is 163. The quantitative estimate of drug-likeness (QED) is 0.0150. The van der Waals surface area contributed by atoms with Crippen molar-refractivity contribution in [3.8, 4) is 0 Å². The molecule has 0 aromatic carbocycles. The van der Waals surface area contributed by atoms with E-state index in [4.69, 9.17) is 71.1 Å². The van der Waals surface area contributed by atoms with Gasteiger partial charge in [0.1, 0.15) is 86.4 Å². The van der Waals surface area contributed by atoms with Crippen molar-refractivity contribution in [2.45, 2.75) is 72.3 Å². The van der Waals surface area contributed by atoms with Crippen LogP contribution in [0.15, 0.2) is 295 Å². The molecule has 0 saturated carbocycles. The Hall–Kier alpha value is -16.8. The molecule has 12 aromatic heterocycles. The summed E-state index contributed by atoms with van der Waals surface area (Å²) in [5.41, 5.74) is 0.132. The highest BCUT2D eigenvalue weighted by molar-refractivity contribution is 5.94. The van der Waals surface area contributed by atoms with E-state index in [1.54, 1.807) is 36.7 Å². The molecule has 12 atom stereocenters. The van der Waals surface area contributed by atoms with Gasteiger partial charge in [-0.15, -0.1) is 0 Å². The van der Waals surface area contributed by atoms with E-state index in [0.29, 0.717) is 11.1 Å². The largest absolute Gasteiger partial charge is 0.488 e. The Morgan fingerprint density at radius 1 is 0.274 bits per heavy atom. The number of esters is 9. The number of halogens is 3. The molecule has 15 heterocycles. The fourth-order valence-corrected chi connectivity index (χ4v) is 12.9. The molecule has 12 aromatic rings. The summed E-state index contributed by atoms with van der Waals surface area (Å²) in [5.74, 6) is -19.3. The third kappa shape index (κ3) is 24.8. The Morgan fingerprint density at radius 3 is 0.763 bits per heavy atom. The highest BCUT2D eigenvalue weighted by Gasteiger charge is 2.63. The average Bonchev–Trinajstić information content (AvgIpc) is 1.62. The second-order valence-electron chi connectivity index (χ2n) is 28.7. The van der Waals surface area contributed by atoms with Crippen LogP contribution in [-0.4, -0.2) is 241 Å². The first-order valence-electron chi connectivity index (χ1n) is 40.1. The maximum absolute atomic E-state index is 14.4. The second kappa shape index (κ2) is 45.2. The molecule has 0 amide bonds. The van der Waals surface area contributed by atoms with Crippen LogP contribution >= 0.6 is 0 Å². The van der Waals surface area contributed by atoms with Crippen molar-refractivity contribution >= 4 is 71.0 Å². The summed E-state index contributed by atoms with van der Waals surface area (Å²) in [7, 11) is 0. The molecule has 0 aliphatic carbocycles. The number of ether oxygens (including phenoxy) is 15. The van der Waals surface area contributed by atoms with Gasteiger partial charge < -0.3 is 86.4 Å². The first-order valence-corrected chi connectivity index (χ1v) is 40.1. The van der Waals surface area contributed by atoms with Gasteiger partial charge in [-0.2, -0.15) is 13.2 Å². The molecule has 3 aliphatic rings. The highest BCUT2D eigenvalue weighted by Crippen LogP contribution is 2.41. The SMILES string of the molecule is C=C(OC[C@@]1(O)O[C@H](COC(=O)c2cccnc2)[C@@H](OC(=O)c2cccnc2)[C@@H]1OC(=O)c1cccnc1)c1cccnc1F.C=C(OC[C@@]1(O)O[C@H](COC(=O)c2cccnc2)[C@@H](OC(=O)c2cccnc2F)[C@@H]1OC(=O)c1cccnc1)c1cccnc1.C=C(OC[C@@]1(O)O[C@H](COC(=O)c2cccnc2F)[C@@H](OC(=O)c2cccnc2)[C@@H]1OC(=O)c1cccnc1)c1cccnc1. The summed E-state index contributed by atoms with van der Waals surface area (Å²) in [5, 5.41) is 35.3. The molecule has 690 valence electrons. The molecule has 3 fully saturated rings. The van der Waals surface area contributed by atoms with Gasteiger partial charge in [-0.25, -0.2) is 58.1 Å². The standard InChI is InChI=1S/3C31H25FN4O9/c1-19(23-9-5-13-36-27(23)32)42-18-31(40)26(44-30(39)22-8-4-12-35-16-22)25(43-29(38)21-7-3-11-34-15-21)24(45-31)17-41-28(37)20-6-2-10-33-14-20;1-19(20-6-2-10-33-14-20)42-18-31(40)26(44-29(38)22-8-4-12-35-16-22)25(43-28(37)21-7-3-11-34-15-21)24(45-31)17-41-30(39)23-9-5-13-36-27(23)32;1-19(20-6-2-10-33-14-20)42-18-31(40)26(44-29(38)22-8-4-12-35-16-22)25(43-30(39)23-9-5-13-36-27(23)32)24(45-31)17-41-28(37)21-7-3-11-34-15-21/h3*2-16,24-26,40H,1,17-18H2/t3*24-,25-,26+,31-/m111/s1. The minimum absolute atomic E-state index is 0.00428. The Kier molecular flexibility index (Phi) is 32.0. The van der Waals surface area contributed by atoms with Gasteiger partial charge in [0.15, 0.2) is 36.6 Å². The number of aromatic nitrogens is 12. The summed E-state index contributed by atoms with van der Waals surface area (Å²) >= 11 is 0. The predicted molar refractivity (Wildman–Crippen MR) is 451 cm³/mol. The summed E-state index contributed by atoms with van der Waals surface area (Å²) in [6, 6.07) is 34.9. The van der Waals surface area contributed by atoms with Crippen LogP contribution in [0, 0.1) is 17.8 Å². The van der Waals surface area contributed by atoms with Crippen LogP contribution in [0.2, 0.25) is 0 Å². The van der Waals surface area contributed by atoms with Gasteiger partial charge >= 0.3 is 53.7 Å². The molecular weight excluding hydrogens is 1770 g/mol. The van der Waals surface area contributed by atoms with Gasteiger partial charge in [-0.1, -0.05) is 19.7 Å². The normalized spacial score (nSPS) is 20.5. The van der Waals surface area contributed by atoms with Crippen molar-refractivity contribution in [1.29, 1.82) is 0 Å². The summed E-state index contributed by atoms with van der Waals surface area (Å²) in [6.45, 7) is 7.31. The fourth-order valence-electron chi connectivity index (χ4n) is 12.9. The zero-order valence-electron chi connectivity index (χ0n) is 70.2. The van der Waals surface area contributed by atoms with Crippen LogP contribution in [-0.2, 0) is 71.1 Å². The molecule has 3 saturated heterocycles. The van der Waals surface area contributed by atoms with E-state index in [9.17, 15) is 71.6 Å². The van der Waals surface area contributed by atoms with Crippen LogP contribution in [0.1, 0.15) is 110 Å². The van der Waals surface area contributed by atoms with Crippen LogP contribution in [0.4, 0.5) is 13.2 Å². The van der Waals surface area contributed by atoms with E-state index in [1.165, 1.54) is 215 Å². The van der Waals surface area contributed by atoms with Gasteiger partial charge in [-0.3, -0.25) is 44.9 Å². The zero-order valence-corrected chi connectivity index (χ0v) is 70.2. The maximum Gasteiger partial charge on any atom is 0.343 e. The number of carbonyl (C=O) groups is 9. The van der Waals surface area contributed by atoms with Crippen LogP contribution in [0.5, 0.6) is 0 Å². The number of aliphatic hydroxyl groups is 3. The first-order chi connectivity index (χ1) is 65.2. The lowest BCUT2D eigenvalue weighted by atomic mass is 10.0. The molecule has 0 bridgehead atoms. The van der Waals surface area contributed by atoms with Crippen molar-refractivity contribution in [1.82, 2.24) is 59.8 Å². The van der Waals surface area contributed by atoms with Crippen LogP contribution in [0.3, 0.4) is 0 Å². The monoisotopic (exact) mass is 1850 g/mol. The topological polar surface area (TPSA) is 507 Å². The van der Waals surface area contributed by atoms with E-state index in [-0.39, 0.29) is 61.8 Å². The van der Waals surface area contributed by atoms with Gasteiger partial charge in [0.2, 0.25) is 35.2 Å². The Bertz CT molecular complexity index is 6170. The van der Waals surface area contributed by atoms with Gasteiger partial charge in [-0.05, 0) is 146 Å². The third-order valence-corrected chi connectivity index (χ3v) is 19.6. The Morgan fingerprint density at radius 2 is 0.496 bits per heavy atom. The van der Waals surface area contributed by atoms with Gasteiger partial charge in [0.05, 0.1) is 44.5 Å². The zero-order chi connectivity index (χ0) is 95.4. The molecule has 0 radical (unpaired) electrons. The Labute approximate surface area is 762 Å². The molecule has 3 N–H and O–H groups in total. The molecule has 0 spiro atoms. The number of carbonyl (C=O) groups excluding carboxylic acids is 9. The molecule has 3 aliphatic heterocycles. The lowest BCUT2D eigenvalue weighted by Crippen LogP contribution is -2.50. The highest BCUT2D eigenvalue weighted by atomic mass is 19.1. The van der Waals surface area contributed by atoms with E-state index < -0.39 is 195 Å². The van der Waals surface area contributed by atoms with Gasteiger partial charge in [0.25, 0.3) is 0 Å². The predicted octanol–water partition coefficient (Wildman–Crippen LogP) is 8.37. The third-order valence-electron chi connectivity index (χ3n) is 19.6. The van der Waals surface area contributed by atoms with Crippen molar-refractivity contribution < 1.29 is 143 Å². The smallest absolute Gasteiger partial charge is 0.343 e. The molecule has 135 heavy (non-hydrogen) atoms. The number of hydrogen-bond donors (Lipinski definition) is 3. The first kappa shape index (κ1) is 95.8. The molecule has 15 rings (SSSR count). The van der Waals surface area contributed by atoms with Crippen molar-refractivity contribution in [3.05, 3.63) is 380 Å². The lowest BCUT2D eigenvalue weighted by molar-refractivity contribution is -0.246. The summed E-state index contributed by atoms with van der Waals surface area (Å²) in [6.07, 6.45) is 14.0. The van der Waals surface area contributed by atoms with Crippen molar-refractivity contribution in [3.63, 3.8) is 0 Å². The molecule has 42 heteroatoms. The number of hydrogen-bond acceptors (Lipinski definition) is 39. The van der Waals surface area contributed by atoms with E-state index in [2.05, 4.69) is 79.5 Å². The molecular formula is C93H75F3N12O27. The molecule has 0 unspecified atom stereocenters. The Balaban J connectivity index is 0.000000171. The van der Waals surface area contributed by atoms with Crippen molar-refractivity contribution in [2.75, 3.05) is 39.6 Å². The van der Waals surface area contributed by atoms with E-state index in [0.717, 1.165) is 24.5 Å². The van der Waals surface area contributed by atoms with Gasteiger partial charge in [0, 0.05) is 141 Å². The van der Waals surface area contributed by atoms with E-state index in [1.807, 2.05) is 0 Å². The van der Waals surface area contributed by atoms with E-state index >= 15 is 0 Å². The average molecular weight is 1850 g/mol. The number of rotatable bonds is 33. The minimum Gasteiger partial charge on any atom is -0.488 e. The van der Waals surface area contributed by atoms with Crippen LogP contribution < -0.4 is 0 Å². The minimum atomic E-state index is -2.54. The fraction of sp³-hybridized carbons (Fsp3) is 0.194. The van der Waals surface area contributed by atoms with Crippen molar-refractivity contribution in [2.24, 2.45) is 0 Å².